The summed E-state index contributed by atoms with van der Waals surface area (Å²) < 4.78 is 6.64. The molecule has 2 bridgehead atoms. The fraction of sp³-hybridized carbons (Fsp3) is 0.833. The van der Waals surface area contributed by atoms with Crippen LogP contribution in [-0.2, 0) is 4.74 Å². The number of hydrogen-bond donors (Lipinski definition) is 3. The molecule has 1 aromatic heterocycles. The van der Waals surface area contributed by atoms with Crippen molar-refractivity contribution < 1.29 is 14.6 Å². The lowest BCUT2D eigenvalue weighted by atomic mass is 9.83. The Morgan fingerprint density at radius 3 is 2.75 bits per heavy atom. The van der Waals surface area contributed by atoms with Crippen molar-refractivity contribution in [1.29, 1.82) is 0 Å². The van der Waals surface area contributed by atoms with E-state index < -0.39 is 0 Å². The maximum absolute atomic E-state index is 13.7. The zero-order chi connectivity index (χ0) is 21.7. The largest absolute Gasteiger partial charge is 0.396 e. The van der Waals surface area contributed by atoms with E-state index in [4.69, 9.17) is 4.74 Å². The van der Waals surface area contributed by atoms with E-state index in [1.807, 2.05) is 4.90 Å². The number of aromatic nitrogens is 2. The van der Waals surface area contributed by atoms with Crippen molar-refractivity contribution in [2.24, 2.45) is 11.8 Å². The van der Waals surface area contributed by atoms with Gasteiger partial charge in [-0.05, 0) is 38.8 Å². The van der Waals surface area contributed by atoms with E-state index in [0.29, 0.717) is 25.0 Å². The first-order chi connectivity index (χ1) is 15.7. The number of likely N-dealkylation sites (tertiary alicyclic amines) is 2. The number of H-pyrrole nitrogens is 1. The fourth-order valence-electron chi connectivity index (χ4n) is 7.41. The molecule has 1 spiro atoms. The molecule has 1 saturated carbocycles. The Labute approximate surface area is 190 Å². The number of piperidine rings is 1. The normalized spacial score (nSPS) is 36.5. The van der Waals surface area contributed by atoms with Crippen LogP contribution in [0.5, 0.6) is 0 Å². The summed E-state index contributed by atoms with van der Waals surface area (Å²) in [5.41, 5.74) is 1.43. The average molecular weight is 444 g/mol. The van der Waals surface area contributed by atoms with Gasteiger partial charge in [0.1, 0.15) is 5.60 Å². The molecule has 4 aliphatic heterocycles. The molecule has 5 fully saturated rings. The van der Waals surface area contributed by atoms with E-state index in [1.54, 1.807) is 6.20 Å². The fourth-order valence-corrected chi connectivity index (χ4v) is 7.41. The number of rotatable bonds is 4. The summed E-state index contributed by atoms with van der Waals surface area (Å²) in [5.74, 6) is 0.820. The van der Waals surface area contributed by atoms with Crippen molar-refractivity contribution in [3.05, 3.63) is 17.5 Å². The number of carbonyl (C=O) groups excluding carboxylic acids is 1. The molecule has 0 aromatic carbocycles. The highest BCUT2D eigenvalue weighted by Crippen LogP contribution is 2.50. The molecular weight excluding hydrogens is 406 g/mol. The number of nitrogens with one attached hydrogen (secondary N) is 2. The Kier molecular flexibility index (Phi) is 5.52. The summed E-state index contributed by atoms with van der Waals surface area (Å²) in [4.78, 5) is 18.3. The lowest BCUT2D eigenvalue weighted by Crippen LogP contribution is -2.58. The highest BCUT2D eigenvalue weighted by atomic mass is 16.5. The van der Waals surface area contributed by atoms with Crippen LogP contribution >= 0.6 is 0 Å². The molecule has 8 nitrogen and oxygen atoms in total. The molecule has 176 valence electrons. The van der Waals surface area contributed by atoms with Gasteiger partial charge in [0.15, 0.2) is 0 Å². The average Bonchev–Trinajstić information content (AvgIpc) is 3.50. The molecule has 3 N–H and O–H groups in total. The van der Waals surface area contributed by atoms with E-state index in [2.05, 4.69) is 20.4 Å². The van der Waals surface area contributed by atoms with Gasteiger partial charge in [-0.1, -0.05) is 19.3 Å². The second kappa shape index (κ2) is 8.38. The predicted octanol–water partition coefficient (Wildman–Crippen LogP) is 1.34. The van der Waals surface area contributed by atoms with Crippen LogP contribution in [0, 0.1) is 11.8 Å². The Morgan fingerprint density at radius 1 is 1.16 bits per heavy atom. The smallest absolute Gasteiger partial charge is 0.257 e. The molecular formula is C24H37N5O3. The molecule has 1 aromatic rings. The number of ether oxygens (including phenoxy) is 1. The van der Waals surface area contributed by atoms with Gasteiger partial charge in [0.25, 0.3) is 5.91 Å². The predicted molar refractivity (Wildman–Crippen MR) is 119 cm³/mol. The number of nitrogens with zero attached hydrogens (tertiary/aromatic N) is 3. The van der Waals surface area contributed by atoms with Crippen LogP contribution in [-0.4, -0.2) is 94.6 Å². The number of aliphatic hydroxyl groups is 1. The number of aromatic amines is 1. The molecule has 8 heteroatoms. The number of carbonyl (C=O) groups is 1. The Hall–Kier alpha value is -1.48. The Balaban J connectivity index is 1.22. The number of aliphatic hydroxyl groups excluding tert-OH is 1. The third-order valence-corrected chi connectivity index (χ3v) is 9.05. The van der Waals surface area contributed by atoms with Crippen LogP contribution in [0.15, 0.2) is 6.20 Å². The van der Waals surface area contributed by atoms with Gasteiger partial charge in [-0.25, -0.2) is 0 Å². The summed E-state index contributed by atoms with van der Waals surface area (Å²) in [5, 5.41) is 21.1. The zero-order valence-electron chi connectivity index (χ0n) is 19.0. The summed E-state index contributed by atoms with van der Waals surface area (Å²) >= 11 is 0. The molecule has 1 aliphatic carbocycles. The SMILES string of the molecule is O=C(c1cn[nH]c1C1CCCCC1)N1C[C@@H]2[C@H](CO)[C@H]3CN(C4CCNCC4)C[C@]2(C1)O3. The van der Waals surface area contributed by atoms with Crippen LogP contribution < -0.4 is 5.32 Å². The van der Waals surface area contributed by atoms with E-state index >= 15 is 0 Å². The second-order valence-electron chi connectivity index (χ2n) is 10.8. The Bertz CT molecular complexity index is 833. The minimum atomic E-state index is -0.342. The van der Waals surface area contributed by atoms with Crippen LogP contribution in [0.2, 0.25) is 0 Å². The maximum Gasteiger partial charge on any atom is 0.257 e. The lowest BCUT2D eigenvalue weighted by Gasteiger charge is -2.45. The van der Waals surface area contributed by atoms with Crippen molar-refractivity contribution in [1.82, 2.24) is 25.3 Å². The molecule has 0 radical (unpaired) electrons. The third kappa shape index (κ3) is 3.42. The van der Waals surface area contributed by atoms with Crippen molar-refractivity contribution in [2.45, 2.75) is 68.6 Å². The number of amides is 1. The van der Waals surface area contributed by atoms with Gasteiger partial charge in [0.05, 0.1) is 30.1 Å². The number of fused-ring (bicyclic) bond motifs is 1. The number of morpholine rings is 1. The maximum atomic E-state index is 13.7. The van der Waals surface area contributed by atoms with Crippen molar-refractivity contribution in [2.75, 3.05) is 45.9 Å². The molecule has 4 atom stereocenters. The van der Waals surface area contributed by atoms with Gasteiger partial charge in [0.2, 0.25) is 0 Å². The topological polar surface area (TPSA) is 93.7 Å². The minimum absolute atomic E-state index is 0.0811. The van der Waals surface area contributed by atoms with Crippen molar-refractivity contribution >= 4 is 5.91 Å². The van der Waals surface area contributed by atoms with Crippen LogP contribution in [0.3, 0.4) is 0 Å². The van der Waals surface area contributed by atoms with E-state index in [0.717, 1.165) is 50.3 Å². The minimum Gasteiger partial charge on any atom is -0.396 e. The molecule has 5 heterocycles. The molecule has 6 rings (SSSR count). The molecule has 32 heavy (non-hydrogen) atoms. The highest BCUT2D eigenvalue weighted by Gasteiger charge is 2.63. The summed E-state index contributed by atoms with van der Waals surface area (Å²) in [6.45, 7) is 5.37. The lowest BCUT2D eigenvalue weighted by molar-refractivity contribution is -0.127. The van der Waals surface area contributed by atoms with Crippen LogP contribution in [0.4, 0.5) is 0 Å². The first kappa shape index (κ1) is 21.1. The van der Waals surface area contributed by atoms with E-state index in [-0.39, 0.29) is 36.1 Å². The second-order valence-corrected chi connectivity index (χ2v) is 10.8. The van der Waals surface area contributed by atoms with Gasteiger partial charge in [0, 0.05) is 50.0 Å². The molecule has 5 aliphatic rings. The third-order valence-electron chi connectivity index (χ3n) is 9.05. The van der Waals surface area contributed by atoms with Gasteiger partial charge in [-0.3, -0.25) is 14.8 Å². The first-order valence-corrected chi connectivity index (χ1v) is 12.7. The summed E-state index contributed by atoms with van der Waals surface area (Å²) in [7, 11) is 0. The van der Waals surface area contributed by atoms with Gasteiger partial charge < -0.3 is 20.1 Å². The summed E-state index contributed by atoms with van der Waals surface area (Å²) in [6.07, 6.45) is 10.2. The van der Waals surface area contributed by atoms with Crippen molar-refractivity contribution in [3.8, 4) is 0 Å². The van der Waals surface area contributed by atoms with E-state index in [1.165, 1.54) is 32.1 Å². The quantitative estimate of drug-likeness (QED) is 0.650. The first-order valence-electron chi connectivity index (χ1n) is 12.7. The van der Waals surface area contributed by atoms with Crippen LogP contribution in [0.1, 0.15) is 66.9 Å². The van der Waals surface area contributed by atoms with E-state index in [9.17, 15) is 9.90 Å². The Morgan fingerprint density at radius 2 is 1.97 bits per heavy atom. The van der Waals surface area contributed by atoms with Crippen molar-refractivity contribution in [3.63, 3.8) is 0 Å². The standard InChI is InChI=1S/C24H37N5O3/c30-13-19-20-11-29(23(31)18-10-26-27-22(18)16-4-2-1-3-5-16)15-24(20)14-28(12-21(19)32-24)17-6-8-25-9-7-17/h10,16-17,19-21,25,30H,1-9,11-15H2,(H,26,27)/t19-,20+,21+,24+/m0/s1. The highest BCUT2D eigenvalue weighted by molar-refractivity contribution is 5.95. The van der Waals surface area contributed by atoms with Gasteiger partial charge in [-0.2, -0.15) is 5.10 Å². The van der Waals surface area contributed by atoms with Gasteiger partial charge in [-0.15, -0.1) is 0 Å². The molecule has 1 amide bonds. The van der Waals surface area contributed by atoms with Gasteiger partial charge >= 0.3 is 0 Å². The van der Waals surface area contributed by atoms with Crippen LogP contribution in [0.25, 0.3) is 0 Å². The monoisotopic (exact) mass is 443 g/mol. The zero-order valence-corrected chi connectivity index (χ0v) is 19.0. The molecule has 0 unspecified atom stereocenters. The molecule has 4 saturated heterocycles. The number of hydrogen-bond acceptors (Lipinski definition) is 6. The summed E-state index contributed by atoms with van der Waals surface area (Å²) in [6, 6.07) is 0.578.